The maximum atomic E-state index is 12.3. The minimum atomic E-state index is 0.171. The van der Waals surface area contributed by atoms with Gasteiger partial charge in [-0.15, -0.1) is 0 Å². The smallest absolute Gasteiger partial charge is 0.268 e. The predicted octanol–water partition coefficient (Wildman–Crippen LogP) is 3.87. The summed E-state index contributed by atoms with van der Waals surface area (Å²) in [5.74, 6) is 0. The Morgan fingerprint density at radius 3 is 2.94 bits per heavy atom. The fraction of sp³-hybridized carbons (Fsp3) is 0.400. The Morgan fingerprint density at radius 1 is 1.33 bits per heavy atom. The molecule has 0 N–H and O–H groups in total. The molecule has 0 saturated carbocycles. The highest BCUT2D eigenvalue weighted by Crippen LogP contribution is 2.23. The summed E-state index contributed by atoms with van der Waals surface area (Å²) in [5.41, 5.74) is 2.80. The van der Waals surface area contributed by atoms with Crippen LogP contribution < -0.4 is 5.56 Å². The third-order valence-corrected chi connectivity index (χ3v) is 4.84. The molecule has 1 aliphatic rings. The van der Waals surface area contributed by atoms with Gasteiger partial charge in [0.05, 0.1) is 16.6 Å². The number of aryl methyl sites for hydroxylation is 1. The third-order valence-electron chi connectivity index (χ3n) is 3.60. The molecule has 0 spiro atoms. The maximum absolute atomic E-state index is 12.3. The Kier molecular flexibility index (Phi) is 3.08. The summed E-state index contributed by atoms with van der Waals surface area (Å²) in [4.78, 5) is 12.3. The number of benzene rings is 1. The average molecular weight is 259 g/mol. The van der Waals surface area contributed by atoms with Crippen molar-refractivity contribution in [3.8, 4) is 0 Å². The van der Waals surface area contributed by atoms with Crippen molar-refractivity contribution in [1.82, 2.24) is 3.96 Å². The monoisotopic (exact) mass is 259 g/mol. The zero-order valence-electron chi connectivity index (χ0n) is 10.6. The first-order valence-corrected chi connectivity index (χ1v) is 7.30. The normalized spacial score (nSPS) is 15.9. The van der Waals surface area contributed by atoms with E-state index in [9.17, 15) is 4.79 Å². The lowest BCUT2D eigenvalue weighted by molar-refractivity contribution is 0.656. The van der Waals surface area contributed by atoms with E-state index in [4.69, 9.17) is 0 Å². The van der Waals surface area contributed by atoms with Gasteiger partial charge in [-0.2, -0.15) is 0 Å². The SMILES string of the molecule is Cc1cccc2c(=O)n(CC3=CCCCC3)sc12. The molecule has 1 aromatic carbocycles. The van der Waals surface area contributed by atoms with Crippen molar-refractivity contribution in [3.63, 3.8) is 0 Å². The number of aromatic nitrogens is 1. The van der Waals surface area contributed by atoms with E-state index in [0.717, 1.165) is 23.1 Å². The molecule has 0 unspecified atom stereocenters. The van der Waals surface area contributed by atoms with Crippen molar-refractivity contribution in [3.05, 3.63) is 45.8 Å². The van der Waals surface area contributed by atoms with Crippen molar-refractivity contribution >= 4 is 21.6 Å². The highest BCUT2D eigenvalue weighted by atomic mass is 32.1. The molecule has 2 aromatic rings. The molecule has 18 heavy (non-hydrogen) atoms. The Morgan fingerprint density at radius 2 is 2.22 bits per heavy atom. The molecule has 0 saturated heterocycles. The first-order chi connectivity index (χ1) is 8.75. The largest absolute Gasteiger partial charge is 0.268 e. The molecule has 3 heteroatoms. The fourth-order valence-corrected chi connectivity index (χ4v) is 3.66. The molecule has 0 bridgehead atoms. The molecular weight excluding hydrogens is 242 g/mol. The molecule has 0 aliphatic heterocycles. The minimum absolute atomic E-state index is 0.171. The van der Waals surface area contributed by atoms with Crippen LogP contribution in [-0.4, -0.2) is 3.96 Å². The van der Waals surface area contributed by atoms with Crippen molar-refractivity contribution in [2.75, 3.05) is 0 Å². The van der Waals surface area contributed by atoms with E-state index in [2.05, 4.69) is 19.1 Å². The summed E-state index contributed by atoms with van der Waals surface area (Å²) in [7, 11) is 0. The molecule has 94 valence electrons. The van der Waals surface area contributed by atoms with Crippen LogP contribution in [0.25, 0.3) is 10.1 Å². The maximum Gasteiger partial charge on any atom is 0.268 e. The standard InChI is InChI=1S/C15H17NOS/c1-11-6-5-9-13-14(11)18-16(15(13)17)10-12-7-3-2-4-8-12/h5-7,9H,2-4,8,10H2,1H3. The third kappa shape index (κ3) is 2.03. The zero-order valence-corrected chi connectivity index (χ0v) is 11.4. The topological polar surface area (TPSA) is 22.0 Å². The first kappa shape index (κ1) is 11.7. The van der Waals surface area contributed by atoms with Gasteiger partial charge in [0.1, 0.15) is 0 Å². The lowest BCUT2D eigenvalue weighted by atomic mass is 10.00. The molecule has 1 aromatic heterocycles. The van der Waals surface area contributed by atoms with Gasteiger partial charge in [0.25, 0.3) is 5.56 Å². The van der Waals surface area contributed by atoms with Crippen molar-refractivity contribution < 1.29 is 0 Å². The Hall–Kier alpha value is -1.35. The van der Waals surface area contributed by atoms with E-state index in [1.165, 1.54) is 30.4 Å². The van der Waals surface area contributed by atoms with E-state index >= 15 is 0 Å². The summed E-state index contributed by atoms with van der Waals surface area (Å²) >= 11 is 1.61. The number of rotatable bonds is 2. The van der Waals surface area contributed by atoms with Gasteiger partial charge in [-0.05, 0) is 44.2 Å². The van der Waals surface area contributed by atoms with Gasteiger partial charge in [-0.1, -0.05) is 35.3 Å². The van der Waals surface area contributed by atoms with Crippen LogP contribution in [0.2, 0.25) is 0 Å². The number of hydrogen-bond acceptors (Lipinski definition) is 2. The van der Waals surface area contributed by atoms with Crippen molar-refractivity contribution in [1.29, 1.82) is 0 Å². The molecule has 0 atom stereocenters. The van der Waals surface area contributed by atoms with Crippen LogP contribution in [-0.2, 0) is 6.54 Å². The van der Waals surface area contributed by atoms with E-state index in [0.29, 0.717) is 0 Å². The van der Waals surface area contributed by atoms with Crippen LogP contribution in [0, 0.1) is 6.92 Å². The van der Waals surface area contributed by atoms with E-state index in [1.807, 2.05) is 16.1 Å². The molecule has 0 fully saturated rings. The van der Waals surface area contributed by atoms with Gasteiger partial charge in [0, 0.05) is 0 Å². The summed E-state index contributed by atoms with van der Waals surface area (Å²) in [6.07, 6.45) is 7.20. The summed E-state index contributed by atoms with van der Waals surface area (Å²) in [5, 5.41) is 0.872. The average Bonchev–Trinajstić information content (AvgIpc) is 2.70. The molecule has 1 aliphatic carbocycles. The number of fused-ring (bicyclic) bond motifs is 1. The molecule has 3 rings (SSSR count). The van der Waals surface area contributed by atoms with Gasteiger partial charge < -0.3 is 0 Å². The molecule has 0 amide bonds. The molecule has 0 radical (unpaired) electrons. The van der Waals surface area contributed by atoms with Crippen LogP contribution in [0.5, 0.6) is 0 Å². The van der Waals surface area contributed by atoms with Gasteiger partial charge >= 0.3 is 0 Å². The quantitative estimate of drug-likeness (QED) is 0.750. The number of allylic oxidation sites excluding steroid dienone is 2. The predicted molar refractivity (Wildman–Crippen MR) is 77.4 cm³/mol. The zero-order chi connectivity index (χ0) is 12.5. The van der Waals surface area contributed by atoms with E-state index < -0.39 is 0 Å². The Labute approximate surface area is 111 Å². The van der Waals surface area contributed by atoms with Crippen LogP contribution in [0.1, 0.15) is 31.2 Å². The van der Waals surface area contributed by atoms with Crippen LogP contribution in [0.4, 0.5) is 0 Å². The molecule has 1 heterocycles. The molecule has 2 nitrogen and oxygen atoms in total. The minimum Gasteiger partial charge on any atom is -0.268 e. The highest BCUT2D eigenvalue weighted by molar-refractivity contribution is 7.14. The van der Waals surface area contributed by atoms with Crippen molar-refractivity contribution in [2.24, 2.45) is 0 Å². The van der Waals surface area contributed by atoms with Gasteiger partial charge in [0.2, 0.25) is 0 Å². The second kappa shape index (κ2) is 4.73. The molecular formula is C15H17NOS. The van der Waals surface area contributed by atoms with Gasteiger partial charge in [-0.25, -0.2) is 0 Å². The van der Waals surface area contributed by atoms with Crippen LogP contribution in [0.3, 0.4) is 0 Å². The van der Waals surface area contributed by atoms with E-state index in [-0.39, 0.29) is 5.56 Å². The number of hydrogen-bond donors (Lipinski definition) is 0. The van der Waals surface area contributed by atoms with Gasteiger partial charge in [0.15, 0.2) is 0 Å². The fourth-order valence-electron chi connectivity index (χ4n) is 2.56. The number of nitrogens with zero attached hydrogens (tertiary/aromatic N) is 1. The van der Waals surface area contributed by atoms with Crippen LogP contribution in [0.15, 0.2) is 34.6 Å². The first-order valence-electron chi connectivity index (χ1n) is 6.53. The Balaban J connectivity index is 2.02. The summed E-state index contributed by atoms with van der Waals surface area (Å²) in [6.45, 7) is 2.86. The van der Waals surface area contributed by atoms with Crippen molar-refractivity contribution in [2.45, 2.75) is 39.2 Å². The summed E-state index contributed by atoms with van der Waals surface area (Å²) in [6, 6.07) is 5.98. The van der Waals surface area contributed by atoms with Gasteiger partial charge in [-0.3, -0.25) is 8.75 Å². The van der Waals surface area contributed by atoms with E-state index in [1.54, 1.807) is 11.5 Å². The Bertz CT molecular complexity index is 663. The lowest BCUT2D eigenvalue weighted by Gasteiger charge is -2.11. The second-order valence-electron chi connectivity index (χ2n) is 4.99. The van der Waals surface area contributed by atoms with Crippen LogP contribution >= 0.6 is 11.5 Å². The lowest BCUT2D eigenvalue weighted by Crippen LogP contribution is -2.14. The second-order valence-corrected chi connectivity index (χ2v) is 6.02. The highest BCUT2D eigenvalue weighted by Gasteiger charge is 2.11. The summed E-state index contributed by atoms with van der Waals surface area (Å²) < 4.78 is 3.05.